The van der Waals surface area contributed by atoms with Crippen molar-refractivity contribution in [2.24, 2.45) is 5.73 Å². The molecule has 7 heteroatoms. The number of nitrogens with two attached hydrogens (primary N) is 1. The van der Waals surface area contributed by atoms with Crippen LogP contribution in [0.5, 0.6) is 5.75 Å². The van der Waals surface area contributed by atoms with Crippen LogP contribution < -0.4 is 10.5 Å². The van der Waals surface area contributed by atoms with Crippen molar-refractivity contribution in [1.29, 1.82) is 0 Å². The van der Waals surface area contributed by atoms with E-state index in [1.54, 1.807) is 19.1 Å². The molecule has 2 N–H and O–H groups in total. The van der Waals surface area contributed by atoms with Crippen molar-refractivity contribution >= 4 is 27.9 Å². The maximum Gasteiger partial charge on any atom is 0.315 e. The van der Waals surface area contributed by atoms with Gasteiger partial charge in [-0.2, -0.15) is 0 Å². The van der Waals surface area contributed by atoms with Gasteiger partial charge < -0.3 is 20.3 Å². The van der Waals surface area contributed by atoms with E-state index in [9.17, 15) is 9.59 Å². The predicted octanol–water partition coefficient (Wildman–Crippen LogP) is 1.96. The molecule has 1 aliphatic rings. The molecule has 0 bridgehead atoms. The van der Waals surface area contributed by atoms with Gasteiger partial charge in [0, 0.05) is 24.6 Å². The third-order valence-electron chi connectivity index (χ3n) is 3.86. The van der Waals surface area contributed by atoms with E-state index >= 15 is 0 Å². The maximum absolute atomic E-state index is 12.6. The number of benzene rings is 1. The normalized spacial score (nSPS) is 17.4. The highest BCUT2D eigenvalue weighted by Gasteiger charge is 2.34. The zero-order valence-electron chi connectivity index (χ0n) is 12.7. The molecule has 0 unspecified atom stereocenters. The zero-order valence-corrected chi connectivity index (χ0v) is 14.3. The number of hydrogen-bond donors (Lipinski definition) is 1. The Kier molecular flexibility index (Phi) is 5.28. The monoisotopic (exact) mass is 369 g/mol. The first kappa shape index (κ1) is 16.6. The lowest BCUT2D eigenvalue weighted by Crippen LogP contribution is -2.48. The third kappa shape index (κ3) is 3.52. The molecule has 0 aromatic heterocycles. The van der Waals surface area contributed by atoms with Gasteiger partial charge in [0.1, 0.15) is 11.8 Å². The van der Waals surface area contributed by atoms with E-state index in [0.717, 1.165) is 22.2 Å². The summed E-state index contributed by atoms with van der Waals surface area (Å²) in [6.07, 6.45) is 1.46. The van der Waals surface area contributed by atoms with Gasteiger partial charge in [0.05, 0.1) is 7.11 Å². The highest BCUT2D eigenvalue weighted by molar-refractivity contribution is 9.10. The van der Waals surface area contributed by atoms with Crippen molar-refractivity contribution in [2.45, 2.75) is 25.4 Å². The van der Waals surface area contributed by atoms with E-state index in [4.69, 9.17) is 10.5 Å². The summed E-state index contributed by atoms with van der Waals surface area (Å²) < 4.78 is 6.11. The molecule has 1 heterocycles. The maximum atomic E-state index is 12.6. The Labute approximate surface area is 138 Å². The van der Waals surface area contributed by atoms with Gasteiger partial charge in [-0.3, -0.25) is 4.79 Å². The first-order valence-electron chi connectivity index (χ1n) is 7.07. The number of rotatable bonds is 4. The molecule has 0 radical (unpaired) electrons. The molecule has 1 aromatic rings. The summed E-state index contributed by atoms with van der Waals surface area (Å²) in [6, 6.07) is 4.63. The summed E-state index contributed by atoms with van der Waals surface area (Å²) in [6.45, 7) is 0.974. The number of hydrogen-bond acceptors (Lipinski definition) is 3. The van der Waals surface area contributed by atoms with E-state index in [-0.39, 0.29) is 5.91 Å². The minimum Gasteiger partial charge on any atom is -0.497 e. The molecule has 0 saturated carbocycles. The van der Waals surface area contributed by atoms with Gasteiger partial charge in [-0.05, 0) is 36.6 Å². The van der Waals surface area contributed by atoms with Gasteiger partial charge in [-0.15, -0.1) is 0 Å². The molecule has 0 spiro atoms. The second-order valence-electron chi connectivity index (χ2n) is 5.34. The van der Waals surface area contributed by atoms with Crippen molar-refractivity contribution in [1.82, 2.24) is 9.80 Å². The Morgan fingerprint density at radius 3 is 2.86 bits per heavy atom. The number of likely N-dealkylation sites (N-methyl/N-ethyl adjacent to an activating group) is 1. The summed E-state index contributed by atoms with van der Waals surface area (Å²) in [5, 5.41) is 0. The van der Waals surface area contributed by atoms with E-state index in [1.807, 2.05) is 18.2 Å². The Morgan fingerprint density at radius 2 is 2.23 bits per heavy atom. The van der Waals surface area contributed by atoms with Crippen molar-refractivity contribution < 1.29 is 14.3 Å². The summed E-state index contributed by atoms with van der Waals surface area (Å²) in [7, 11) is 3.33. The Hall–Kier alpha value is -1.76. The zero-order chi connectivity index (χ0) is 16.3. The average Bonchev–Trinajstić information content (AvgIpc) is 2.98. The highest BCUT2D eigenvalue weighted by atomic mass is 79.9. The lowest BCUT2D eigenvalue weighted by Gasteiger charge is -2.27. The number of likely N-dealkylation sites (tertiary alicyclic amines) is 1. The number of primary amides is 1. The van der Waals surface area contributed by atoms with Gasteiger partial charge >= 0.3 is 6.03 Å². The largest absolute Gasteiger partial charge is 0.497 e. The third-order valence-corrected chi connectivity index (χ3v) is 4.63. The number of carbonyl (C=O) groups is 2. The van der Waals surface area contributed by atoms with Gasteiger partial charge in [0.2, 0.25) is 5.91 Å². The number of urea groups is 1. The van der Waals surface area contributed by atoms with Crippen LogP contribution in [-0.4, -0.2) is 48.5 Å². The molecule has 1 aliphatic heterocycles. The molecule has 6 nitrogen and oxygen atoms in total. The summed E-state index contributed by atoms with van der Waals surface area (Å²) in [5.41, 5.74) is 6.28. The molecule has 1 aromatic carbocycles. The van der Waals surface area contributed by atoms with Crippen molar-refractivity contribution in [3.63, 3.8) is 0 Å². The molecule has 3 amide bonds. The fraction of sp³-hybridized carbons (Fsp3) is 0.467. The number of halogens is 1. The summed E-state index contributed by atoms with van der Waals surface area (Å²) in [4.78, 5) is 27.0. The summed E-state index contributed by atoms with van der Waals surface area (Å²) in [5.74, 6) is 0.643. The van der Waals surface area contributed by atoms with E-state index in [1.165, 1.54) is 4.90 Å². The first-order valence-corrected chi connectivity index (χ1v) is 7.86. The number of methoxy groups -OCH3 is 1. The molecule has 1 saturated heterocycles. The SMILES string of the molecule is COc1ccc(Br)c(CN(C)C(=O)[C@@H]2CCCN2C(N)=O)c1. The molecule has 1 fully saturated rings. The molecule has 22 heavy (non-hydrogen) atoms. The molecule has 1 atom stereocenters. The van der Waals surface area contributed by atoms with Crippen LogP contribution in [0.25, 0.3) is 0 Å². The smallest absolute Gasteiger partial charge is 0.315 e. The number of carbonyl (C=O) groups excluding carboxylic acids is 2. The second kappa shape index (κ2) is 7.00. The van der Waals surface area contributed by atoms with E-state index in [0.29, 0.717) is 19.5 Å². The van der Waals surface area contributed by atoms with Crippen LogP contribution in [0.1, 0.15) is 18.4 Å². The molecular formula is C15H20BrN3O3. The van der Waals surface area contributed by atoms with Gasteiger partial charge in [0.15, 0.2) is 0 Å². The molecule has 120 valence electrons. The van der Waals surface area contributed by atoms with Crippen molar-refractivity contribution in [3.05, 3.63) is 28.2 Å². The standard InChI is InChI=1S/C15H20BrN3O3/c1-18(9-10-8-11(22-2)5-6-12(10)16)14(20)13-4-3-7-19(13)15(17)21/h5-6,8,13H,3-4,7,9H2,1-2H3,(H2,17,21)/t13-/m0/s1. The van der Waals surface area contributed by atoms with Crippen LogP contribution in [0.15, 0.2) is 22.7 Å². The van der Waals surface area contributed by atoms with E-state index < -0.39 is 12.1 Å². The molecule has 2 rings (SSSR count). The predicted molar refractivity (Wildman–Crippen MR) is 86.5 cm³/mol. The van der Waals surface area contributed by atoms with Crippen LogP contribution >= 0.6 is 15.9 Å². The fourth-order valence-electron chi connectivity index (χ4n) is 2.67. The van der Waals surface area contributed by atoms with Crippen LogP contribution in [0, 0.1) is 0 Å². The van der Waals surface area contributed by atoms with Crippen molar-refractivity contribution in [2.75, 3.05) is 20.7 Å². The van der Waals surface area contributed by atoms with Crippen LogP contribution in [0.2, 0.25) is 0 Å². The van der Waals surface area contributed by atoms with E-state index in [2.05, 4.69) is 15.9 Å². The highest BCUT2D eigenvalue weighted by Crippen LogP contribution is 2.25. The topological polar surface area (TPSA) is 75.9 Å². The molecular weight excluding hydrogens is 350 g/mol. The minimum absolute atomic E-state index is 0.0916. The average molecular weight is 370 g/mol. The van der Waals surface area contributed by atoms with Gasteiger partial charge in [-0.25, -0.2) is 4.79 Å². The lowest BCUT2D eigenvalue weighted by atomic mass is 10.1. The Balaban J connectivity index is 2.10. The molecule has 0 aliphatic carbocycles. The number of amides is 3. The minimum atomic E-state index is -0.535. The first-order chi connectivity index (χ1) is 10.4. The van der Waals surface area contributed by atoms with Crippen LogP contribution in [-0.2, 0) is 11.3 Å². The van der Waals surface area contributed by atoms with Crippen molar-refractivity contribution in [3.8, 4) is 5.75 Å². The number of ether oxygens (including phenoxy) is 1. The lowest BCUT2D eigenvalue weighted by molar-refractivity contribution is -0.134. The Morgan fingerprint density at radius 1 is 1.50 bits per heavy atom. The van der Waals surface area contributed by atoms with Crippen LogP contribution in [0.4, 0.5) is 4.79 Å². The van der Waals surface area contributed by atoms with Crippen LogP contribution in [0.3, 0.4) is 0 Å². The van der Waals surface area contributed by atoms with Gasteiger partial charge in [0.25, 0.3) is 0 Å². The Bertz CT molecular complexity index is 579. The number of nitrogens with zero attached hydrogens (tertiary/aromatic N) is 2. The quantitative estimate of drug-likeness (QED) is 0.881. The fourth-order valence-corrected chi connectivity index (χ4v) is 3.05. The summed E-state index contributed by atoms with van der Waals surface area (Å²) >= 11 is 3.48. The second-order valence-corrected chi connectivity index (χ2v) is 6.20. The van der Waals surface area contributed by atoms with Gasteiger partial charge in [-0.1, -0.05) is 15.9 Å².